The number of benzene rings is 1. The highest BCUT2D eigenvalue weighted by molar-refractivity contribution is 6.04. The number of imide groups is 1. The van der Waals surface area contributed by atoms with Crippen molar-refractivity contribution in [3.05, 3.63) is 35.4 Å². The zero-order valence-corrected chi connectivity index (χ0v) is 11.7. The molecule has 1 saturated heterocycles. The number of rotatable bonds is 2. The number of carbonyl (C=O) groups excluding carboxylic acids is 3. The Labute approximate surface area is 122 Å². The molecule has 6 nitrogen and oxygen atoms in total. The van der Waals surface area contributed by atoms with E-state index in [2.05, 4.69) is 11.4 Å². The molecule has 0 saturated carbocycles. The smallest absolute Gasteiger partial charge is 0.325 e. The zero-order valence-electron chi connectivity index (χ0n) is 11.7. The SMILES string of the molecule is O=C(CN1C(=O)CNC1=O)N1CCCc2ccccc2C1. The molecule has 4 amide bonds. The van der Waals surface area contributed by atoms with Crippen LogP contribution in [0.25, 0.3) is 0 Å². The molecule has 1 fully saturated rings. The first-order chi connectivity index (χ1) is 10.1. The molecule has 0 atom stereocenters. The average Bonchev–Trinajstić information content (AvgIpc) is 2.70. The van der Waals surface area contributed by atoms with Crippen molar-refractivity contribution in [2.24, 2.45) is 0 Å². The van der Waals surface area contributed by atoms with E-state index >= 15 is 0 Å². The van der Waals surface area contributed by atoms with Gasteiger partial charge in [0.15, 0.2) is 0 Å². The van der Waals surface area contributed by atoms with Crippen LogP contribution in [0.5, 0.6) is 0 Å². The summed E-state index contributed by atoms with van der Waals surface area (Å²) in [5, 5.41) is 2.42. The molecule has 6 heteroatoms. The van der Waals surface area contributed by atoms with Crippen LogP contribution in [0.15, 0.2) is 24.3 Å². The molecule has 0 bridgehead atoms. The van der Waals surface area contributed by atoms with Gasteiger partial charge in [0.2, 0.25) is 5.91 Å². The normalized spacial score (nSPS) is 18.3. The van der Waals surface area contributed by atoms with Crippen molar-refractivity contribution in [2.45, 2.75) is 19.4 Å². The van der Waals surface area contributed by atoms with Gasteiger partial charge >= 0.3 is 6.03 Å². The fourth-order valence-corrected chi connectivity index (χ4v) is 2.76. The topological polar surface area (TPSA) is 69.7 Å². The van der Waals surface area contributed by atoms with Gasteiger partial charge in [0.1, 0.15) is 6.54 Å². The Morgan fingerprint density at radius 2 is 1.95 bits per heavy atom. The van der Waals surface area contributed by atoms with Crippen LogP contribution in [0.1, 0.15) is 17.5 Å². The molecule has 3 rings (SSSR count). The van der Waals surface area contributed by atoms with Crippen LogP contribution in [0.2, 0.25) is 0 Å². The molecule has 2 heterocycles. The highest BCUT2D eigenvalue weighted by atomic mass is 16.2. The monoisotopic (exact) mass is 287 g/mol. The quantitative estimate of drug-likeness (QED) is 0.806. The van der Waals surface area contributed by atoms with Gasteiger partial charge in [0.05, 0.1) is 6.54 Å². The summed E-state index contributed by atoms with van der Waals surface area (Å²) < 4.78 is 0. The van der Waals surface area contributed by atoms with Crippen LogP contribution in [-0.4, -0.2) is 47.3 Å². The Bertz CT molecular complexity index is 584. The number of hydrogen-bond acceptors (Lipinski definition) is 3. The second-order valence-electron chi connectivity index (χ2n) is 5.33. The largest absolute Gasteiger partial charge is 0.337 e. The average molecular weight is 287 g/mol. The van der Waals surface area contributed by atoms with Crippen molar-refractivity contribution in [3.8, 4) is 0 Å². The van der Waals surface area contributed by atoms with E-state index in [1.54, 1.807) is 4.90 Å². The van der Waals surface area contributed by atoms with Gasteiger partial charge in [0, 0.05) is 13.1 Å². The van der Waals surface area contributed by atoms with Crippen molar-refractivity contribution in [1.29, 1.82) is 0 Å². The summed E-state index contributed by atoms with van der Waals surface area (Å²) in [4.78, 5) is 38.1. The fraction of sp³-hybridized carbons (Fsp3) is 0.400. The summed E-state index contributed by atoms with van der Waals surface area (Å²) in [7, 11) is 0. The number of aryl methyl sites for hydroxylation is 1. The fourth-order valence-electron chi connectivity index (χ4n) is 2.76. The van der Waals surface area contributed by atoms with Crippen LogP contribution in [0, 0.1) is 0 Å². The maximum Gasteiger partial charge on any atom is 0.325 e. The van der Waals surface area contributed by atoms with E-state index in [1.807, 2.05) is 18.2 Å². The summed E-state index contributed by atoms with van der Waals surface area (Å²) in [5.74, 6) is -0.527. The summed E-state index contributed by atoms with van der Waals surface area (Å²) in [5.41, 5.74) is 2.41. The van der Waals surface area contributed by atoms with Gasteiger partial charge in [-0.2, -0.15) is 0 Å². The van der Waals surface area contributed by atoms with Gasteiger partial charge < -0.3 is 10.2 Å². The van der Waals surface area contributed by atoms with Crippen LogP contribution in [0.4, 0.5) is 4.79 Å². The van der Waals surface area contributed by atoms with Crippen molar-refractivity contribution in [1.82, 2.24) is 15.1 Å². The van der Waals surface area contributed by atoms with Crippen molar-refractivity contribution >= 4 is 17.8 Å². The summed E-state index contributed by atoms with van der Waals surface area (Å²) in [6.07, 6.45) is 1.84. The van der Waals surface area contributed by atoms with E-state index < -0.39 is 6.03 Å². The summed E-state index contributed by atoms with van der Waals surface area (Å²) in [6, 6.07) is 7.59. The van der Waals surface area contributed by atoms with E-state index in [4.69, 9.17) is 0 Å². The van der Waals surface area contributed by atoms with Crippen LogP contribution < -0.4 is 5.32 Å². The van der Waals surface area contributed by atoms with Crippen molar-refractivity contribution < 1.29 is 14.4 Å². The van der Waals surface area contributed by atoms with Crippen molar-refractivity contribution in [3.63, 3.8) is 0 Å². The Balaban J connectivity index is 1.70. The second kappa shape index (κ2) is 5.55. The van der Waals surface area contributed by atoms with E-state index in [1.165, 1.54) is 5.56 Å². The lowest BCUT2D eigenvalue weighted by molar-refractivity contribution is -0.136. The number of nitrogens with one attached hydrogen (secondary N) is 1. The number of urea groups is 1. The molecule has 0 spiro atoms. The minimum atomic E-state index is -0.483. The third-order valence-electron chi connectivity index (χ3n) is 3.94. The maximum atomic E-state index is 12.4. The number of carbonyl (C=O) groups is 3. The Hall–Kier alpha value is -2.37. The number of hydrogen-bond donors (Lipinski definition) is 1. The van der Waals surface area contributed by atoms with Crippen molar-refractivity contribution in [2.75, 3.05) is 19.6 Å². The van der Waals surface area contributed by atoms with Crippen LogP contribution in [-0.2, 0) is 22.6 Å². The Kier molecular flexibility index (Phi) is 3.60. The number of fused-ring (bicyclic) bond motifs is 1. The van der Waals surface area contributed by atoms with Crippen LogP contribution in [0.3, 0.4) is 0 Å². The van der Waals surface area contributed by atoms with Gasteiger partial charge in [0.25, 0.3) is 5.91 Å². The number of nitrogens with zero attached hydrogens (tertiary/aromatic N) is 2. The molecule has 2 aliphatic heterocycles. The zero-order chi connectivity index (χ0) is 14.8. The molecule has 0 radical (unpaired) electrons. The molecule has 0 unspecified atom stereocenters. The molecule has 1 aromatic rings. The maximum absolute atomic E-state index is 12.4. The standard InChI is InChI=1S/C15H17N3O3/c19-13-8-16-15(21)18(13)10-14(20)17-7-3-6-11-4-1-2-5-12(11)9-17/h1-2,4-5H,3,6-10H2,(H,16,21). The van der Waals surface area contributed by atoms with E-state index in [0.717, 1.165) is 23.3 Å². The molecular formula is C15H17N3O3. The van der Waals surface area contributed by atoms with Gasteiger partial charge in [-0.3, -0.25) is 14.5 Å². The second-order valence-corrected chi connectivity index (χ2v) is 5.33. The lowest BCUT2D eigenvalue weighted by Gasteiger charge is -2.23. The third kappa shape index (κ3) is 2.74. The highest BCUT2D eigenvalue weighted by Gasteiger charge is 2.31. The molecule has 0 aliphatic carbocycles. The molecular weight excluding hydrogens is 270 g/mol. The highest BCUT2D eigenvalue weighted by Crippen LogP contribution is 2.18. The molecule has 1 aromatic carbocycles. The molecule has 0 aromatic heterocycles. The third-order valence-corrected chi connectivity index (χ3v) is 3.94. The lowest BCUT2D eigenvalue weighted by Crippen LogP contribution is -2.42. The van der Waals surface area contributed by atoms with Gasteiger partial charge in [-0.15, -0.1) is 0 Å². The van der Waals surface area contributed by atoms with E-state index in [9.17, 15) is 14.4 Å². The predicted octanol–water partition coefficient (Wildman–Crippen LogP) is 0.513. The van der Waals surface area contributed by atoms with E-state index in [-0.39, 0.29) is 24.9 Å². The van der Waals surface area contributed by atoms with Crippen LogP contribution >= 0.6 is 0 Å². The van der Waals surface area contributed by atoms with E-state index in [0.29, 0.717) is 13.1 Å². The predicted molar refractivity (Wildman–Crippen MR) is 75.3 cm³/mol. The van der Waals surface area contributed by atoms with Gasteiger partial charge in [-0.05, 0) is 24.0 Å². The molecule has 1 N–H and O–H groups in total. The van der Waals surface area contributed by atoms with Gasteiger partial charge in [-0.1, -0.05) is 24.3 Å². The minimum absolute atomic E-state index is 0.0189. The molecule has 21 heavy (non-hydrogen) atoms. The minimum Gasteiger partial charge on any atom is -0.337 e. The summed E-state index contributed by atoms with van der Waals surface area (Å²) >= 11 is 0. The Morgan fingerprint density at radius 1 is 1.19 bits per heavy atom. The summed E-state index contributed by atoms with van der Waals surface area (Å²) in [6.45, 7) is 0.998. The first-order valence-corrected chi connectivity index (χ1v) is 7.08. The molecule has 2 aliphatic rings. The Morgan fingerprint density at radius 3 is 2.67 bits per heavy atom. The lowest BCUT2D eigenvalue weighted by atomic mass is 10.0. The number of amides is 4. The first-order valence-electron chi connectivity index (χ1n) is 7.08. The molecule has 110 valence electrons. The first kappa shape index (κ1) is 13.6. The van der Waals surface area contributed by atoms with Gasteiger partial charge in [-0.25, -0.2) is 4.79 Å².